The average molecular weight is 288 g/mol. The normalized spacial score (nSPS) is 18.1. The standard InChI is InChI=1S/C13H15ClFNO3/c1-3-7-5-8(14)11(15)10(12(7)18-4-2)9-6-19-13(17)16-9/h5,9H,3-4,6H2,1-2H3,(H,16,17). The van der Waals surface area contributed by atoms with Crippen LogP contribution in [-0.4, -0.2) is 19.3 Å². The predicted octanol–water partition coefficient (Wildman–Crippen LogP) is 3.22. The summed E-state index contributed by atoms with van der Waals surface area (Å²) in [7, 11) is 0. The van der Waals surface area contributed by atoms with Gasteiger partial charge in [0.25, 0.3) is 0 Å². The van der Waals surface area contributed by atoms with Gasteiger partial charge in [-0.2, -0.15) is 0 Å². The van der Waals surface area contributed by atoms with Crippen molar-refractivity contribution in [3.8, 4) is 5.75 Å². The van der Waals surface area contributed by atoms with Gasteiger partial charge < -0.3 is 14.8 Å². The molecule has 0 aliphatic carbocycles. The summed E-state index contributed by atoms with van der Waals surface area (Å²) in [5.74, 6) is -0.124. The number of halogens is 2. The Morgan fingerprint density at radius 3 is 2.84 bits per heavy atom. The monoisotopic (exact) mass is 287 g/mol. The molecule has 1 fully saturated rings. The van der Waals surface area contributed by atoms with E-state index in [2.05, 4.69) is 5.32 Å². The molecule has 1 aliphatic rings. The fourth-order valence-corrected chi connectivity index (χ4v) is 2.35. The van der Waals surface area contributed by atoms with Crippen molar-refractivity contribution in [2.24, 2.45) is 0 Å². The van der Waals surface area contributed by atoms with E-state index in [1.165, 1.54) is 0 Å². The Morgan fingerprint density at radius 2 is 2.32 bits per heavy atom. The van der Waals surface area contributed by atoms with Crippen molar-refractivity contribution in [1.82, 2.24) is 5.32 Å². The topological polar surface area (TPSA) is 47.6 Å². The highest BCUT2D eigenvalue weighted by Gasteiger charge is 2.31. The second kappa shape index (κ2) is 5.65. The van der Waals surface area contributed by atoms with Crippen LogP contribution in [0.15, 0.2) is 6.07 Å². The molecule has 0 saturated carbocycles. The third kappa shape index (κ3) is 2.61. The Morgan fingerprint density at radius 1 is 1.58 bits per heavy atom. The van der Waals surface area contributed by atoms with Gasteiger partial charge in [0.1, 0.15) is 12.4 Å². The first-order valence-electron chi connectivity index (χ1n) is 6.15. The van der Waals surface area contributed by atoms with E-state index in [1.807, 2.05) is 13.8 Å². The first kappa shape index (κ1) is 13.9. The van der Waals surface area contributed by atoms with Crippen molar-refractivity contribution in [3.63, 3.8) is 0 Å². The Kier molecular flexibility index (Phi) is 4.14. The minimum atomic E-state index is -0.571. The minimum absolute atomic E-state index is 0.0245. The summed E-state index contributed by atoms with van der Waals surface area (Å²) >= 11 is 5.90. The number of carbonyl (C=O) groups is 1. The molecule has 1 aliphatic heterocycles. The Labute approximate surface area is 115 Å². The number of carbonyl (C=O) groups excluding carboxylic acids is 1. The lowest BCUT2D eigenvalue weighted by molar-refractivity contribution is 0.176. The summed E-state index contributed by atoms with van der Waals surface area (Å²) in [4.78, 5) is 11.1. The second-order valence-electron chi connectivity index (χ2n) is 4.16. The lowest BCUT2D eigenvalue weighted by Gasteiger charge is -2.19. The highest BCUT2D eigenvalue weighted by Crippen LogP contribution is 2.37. The SMILES string of the molecule is CCOc1c(CC)cc(Cl)c(F)c1C1COC(=O)N1. The molecule has 0 aromatic heterocycles. The van der Waals surface area contributed by atoms with Crippen LogP contribution in [-0.2, 0) is 11.2 Å². The molecule has 104 valence electrons. The summed E-state index contributed by atoms with van der Waals surface area (Å²) in [5.41, 5.74) is 1.07. The van der Waals surface area contributed by atoms with E-state index in [-0.39, 0.29) is 17.2 Å². The maximum Gasteiger partial charge on any atom is 0.407 e. The molecule has 1 unspecified atom stereocenters. The molecule has 6 heteroatoms. The number of ether oxygens (including phenoxy) is 2. The molecule has 19 heavy (non-hydrogen) atoms. The summed E-state index contributed by atoms with van der Waals surface area (Å²) in [5, 5.41) is 2.57. The van der Waals surface area contributed by atoms with E-state index < -0.39 is 18.0 Å². The van der Waals surface area contributed by atoms with Crippen molar-refractivity contribution in [2.75, 3.05) is 13.2 Å². The molecule has 1 amide bonds. The zero-order valence-corrected chi connectivity index (χ0v) is 11.5. The number of aryl methyl sites for hydroxylation is 1. The lowest BCUT2D eigenvalue weighted by atomic mass is 10.0. The molecule has 1 N–H and O–H groups in total. The van der Waals surface area contributed by atoms with Gasteiger partial charge in [0.15, 0.2) is 5.82 Å². The number of hydrogen-bond acceptors (Lipinski definition) is 3. The Hall–Kier alpha value is -1.49. The minimum Gasteiger partial charge on any atom is -0.493 e. The molecule has 1 atom stereocenters. The van der Waals surface area contributed by atoms with Crippen LogP contribution in [0.4, 0.5) is 9.18 Å². The fourth-order valence-electron chi connectivity index (χ4n) is 2.11. The highest BCUT2D eigenvalue weighted by atomic mass is 35.5. The fraction of sp³-hybridized carbons (Fsp3) is 0.462. The van der Waals surface area contributed by atoms with Gasteiger partial charge in [-0.05, 0) is 25.0 Å². The van der Waals surface area contributed by atoms with Crippen molar-refractivity contribution >= 4 is 17.7 Å². The number of rotatable bonds is 4. The van der Waals surface area contributed by atoms with E-state index >= 15 is 0 Å². The number of nitrogens with one attached hydrogen (secondary N) is 1. The molecule has 0 spiro atoms. The largest absolute Gasteiger partial charge is 0.493 e. The third-order valence-corrected chi connectivity index (χ3v) is 3.25. The molecular weight excluding hydrogens is 273 g/mol. The van der Waals surface area contributed by atoms with Crippen LogP contribution < -0.4 is 10.1 Å². The number of hydrogen-bond donors (Lipinski definition) is 1. The number of cyclic esters (lactones) is 1. The summed E-state index contributed by atoms with van der Waals surface area (Å²) in [6.07, 6.45) is 0.0917. The molecule has 1 saturated heterocycles. The van der Waals surface area contributed by atoms with Gasteiger partial charge in [0.2, 0.25) is 0 Å². The Bertz CT molecular complexity index is 507. The zero-order chi connectivity index (χ0) is 14.0. The molecular formula is C13H15ClFNO3. The van der Waals surface area contributed by atoms with Gasteiger partial charge in [0.05, 0.1) is 23.2 Å². The first-order valence-corrected chi connectivity index (χ1v) is 6.53. The summed E-state index contributed by atoms with van der Waals surface area (Å²) in [6, 6.07) is 0.987. The van der Waals surface area contributed by atoms with Crippen LogP contribution in [0.3, 0.4) is 0 Å². The van der Waals surface area contributed by atoms with Crippen molar-refractivity contribution in [3.05, 3.63) is 28.0 Å². The number of alkyl carbamates (subject to hydrolysis) is 1. The summed E-state index contributed by atoms with van der Waals surface area (Å²) < 4.78 is 24.6. The second-order valence-corrected chi connectivity index (χ2v) is 4.56. The van der Waals surface area contributed by atoms with Crippen LogP contribution in [0.25, 0.3) is 0 Å². The molecule has 4 nitrogen and oxygen atoms in total. The van der Waals surface area contributed by atoms with E-state index in [1.54, 1.807) is 6.07 Å². The van der Waals surface area contributed by atoms with Crippen LogP contribution in [0.5, 0.6) is 5.75 Å². The van der Waals surface area contributed by atoms with Crippen molar-refractivity contribution in [1.29, 1.82) is 0 Å². The van der Waals surface area contributed by atoms with Gasteiger partial charge in [-0.25, -0.2) is 9.18 Å². The van der Waals surface area contributed by atoms with Crippen molar-refractivity contribution in [2.45, 2.75) is 26.3 Å². The Balaban J connectivity index is 2.54. The van der Waals surface area contributed by atoms with Gasteiger partial charge >= 0.3 is 6.09 Å². The molecule has 1 heterocycles. The molecule has 0 radical (unpaired) electrons. The highest BCUT2D eigenvalue weighted by molar-refractivity contribution is 6.31. The molecule has 2 rings (SSSR count). The lowest BCUT2D eigenvalue weighted by Crippen LogP contribution is -2.21. The van der Waals surface area contributed by atoms with Gasteiger partial charge in [-0.3, -0.25) is 0 Å². The van der Waals surface area contributed by atoms with E-state index in [9.17, 15) is 9.18 Å². The van der Waals surface area contributed by atoms with Gasteiger partial charge in [0, 0.05) is 0 Å². The first-order chi connectivity index (χ1) is 9.08. The van der Waals surface area contributed by atoms with E-state index in [4.69, 9.17) is 21.1 Å². The smallest absolute Gasteiger partial charge is 0.407 e. The van der Waals surface area contributed by atoms with Crippen LogP contribution in [0, 0.1) is 5.82 Å². The van der Waals surface area contributed by atoms with Gasteiger partial charge in [-0.1, -0.05) is 18.5 Å². The zero-order valence-electron chi connectivity index (χ0n) is 10.8. The van der Waals surface area contributed by atoms with E-state index in [0.29, 0.717) is 18.8 Å². The quantitative estimate of drug-likeness (QED) is 0.925. The van der Waals surface area contributed by atoms with Crippen LogP contribution in [0.2, 0.25) is 5.02 Å². The molecule has 1 aromatic rings. The average Bonchev–Trinajstić information content (AvgIpc) is 2.80. The van der Waals surface area contributed by atoms with Gasteiger partial charge in [-0.15, -0.1) is 0 Å². The maximum absolute atomic E-state index is 14.3. The molecule has 0 bridgehead atoms. The summed E-state index contributed by atoms with van der Waals surface area (Å²) in [6.45, 7) is 4.22. The van der Waals surface area contributed by atoms with Crippen molar-refractivity contribution < 1.29 is 18.7 Å². The predicted molar refractivity (Wildman–Crippen MR) is 69.2 cm³/mol. The van der Waals surface area contributed by atoms with Crippen LogP contribution in [0.1, 0.15) is 31.0 Å². The molecule has 1 aromatic carbocycles. The number of amides is 1. The third-order valence-electron chi connectivity index (χ3n) is 2.97. The maximum atomic E-state index is 14.3. The van der Waals surface area contributed by atoms with E-state index in [0.717, 1.165) is 5.56 Å². The van der Waals surface area contributed by atoms with Crippen LogP contribution >= 0.6 is 11.6 Å². The number of benzene rings is 1.